The summed E-state index contributed by atoms with van der Waals surface area (Å²) >= 11 is 0. The monoisotopic (exact) mass is 251 g/mol. The summed E-state index contributed by atoms with van der Waals surface area (Å²) in [5, 5.41) is 12.3. The van der Waals surface area contributed by atoms with Crippen LogP contribution in [-0.2, 0) is 0 Å². The minimum absolute atomic E-state index is 0.00337. The molecule has 1 amide bonds. The smallest absolute Gasteiger partial charge is 0.253 e. The Hall–Kier alpha value is -1.62. The molecule has 0 aliphatic carbocycles. The van der Waals surface area contributed by atoms with Crippen LogP contribution in [0.3, 0.4) is 0 Å². The maximum absolute atomic E-state index is 12.0. The number of carbonyl (C=O) groups excluding carboxylic acids is 1. The number of carbonyl (C=O) groups is 1. The normalized spacial score (nSPS) is 12.8. The van der Waals surface area contributed by atoms with Crippen LogP contribution in [0.25, 0.3) is 0 Å². The molecule has 100 valence electrons. The Morgan fingerprint density at radius 3 is 2.61 bits per heavy atom. The van der Waals surface area contributed by atoms with Crippen LogP contribution < -0.4 is 5.32 Å². The number of pyridine rings is 1. The molecular weight excluding hydrogens is 230 g/mol. The van der Waals surface area contributed by atoms with Gasteiger partial charge in [0.25, 0.3) is 5.91 Å². The van der Waals surface area contributed by atoms with E-state index in [1.165, 1.54) is 18.5 Å². The van der Waals surface area contributed by atoms with Crippen molar-refractivity contribution in [3.05, 3.63) is 24.0 Å². The van der Waals surface area contributed by atoms with Gasteiger partial charge in [-0.1, -0.05) is 13.8 Å². The Morgan fingerprint density at radius 2 is 2.11 bits per heavy atom. The molecule has 18 heavy (non-hydrogen) atoms. The third kappa shape index (κ3) is 4.33. The summed E-state index contributed by atoms with van der Waals surface area (Å²) in [7, 11) is 3.94. The van der Waals surface area contributed by atoms with E-state index in [9.17, 15) is 9.90 Å². The molecule has 0 saturated heterocycles. The van der Waals surface area contributed by atoms with Gasteiger partial charge in [-0.25, -0.2) is 0 Å². The fourth-order valence-corrected chi connectivity index (χ4v) is 1.62. The lowest BCUT2D eigenvalue weighted by molar-refractivity contribution is 0.0916. The summed E-state index contributed by atoms with van der Waals surface area (Å²) in [5.41, 5.74) is 0.374. The fourth-order valence-electron chi connectivity index (χ4n) is 1.62. The van der Waals surface area contributed by atoms with Gasteiger partial charge in [-0.2, -0.15) is 0 Å². The van der Waals surface area contributed by atoms with E-state index < -0.39 is 0 Å². The molecule has 1 heterocycles. The highest BCUT2D eigenvalue weighted by Gasteiger charge is 2.18. The third-order valence-corrected chi connectivity index (χ3v) is 2.67. The molecule has 1 atom stereocenters. The molecule has 1 aromatic heterocycles. The number of hydrogen-bond donors (Lipinski definition) is 2. The van der Waals surface area contributed by atoms with E-state index in [0.29, 0.717) is 11.5 Å². The van der Waals surface area contributed by atoms with Gasteiger partial charge in [0.05, 0.1) is 11.8 Å². The Balaban J connectivity index is 2.72. The number of hydrogen-bond acceptors (Lipinski definition) is 4. The predicted molar refractivity (Wildman–Crippen MR) is 70.5 cm³/mol. The number of aromatic nitrogens is 1. The highest BCUT2D eigenvalue weighted by Crippen LogP contribution is 2.10. The van der Waals surface area contributed by atoms with Crippen molar-refractivity contribution in [3.8, 4) is 5.75 Å². The molecule has 1 rings (SSSR count). The second kappa shape index (κ2) is 6.35. The molecule has 5 heteroatoms. The number of amides is 1. The Labute approximate surface area is 108 Å². The SMILES string of the molecule is CC(C)C(CN(C)C)NC(=O)c1cncc(O)c1. The van der Waals surface area contributed by atoms with Crippen molar-refractivity contribution in [1.29, 1.82) is 0 Å². The first-order chi connectivity index (χ1) is 8.40. The molecule has 0 fully saturated rings. The van der Waals surface area contributed by atoms with Crippen LogP contribution in [0.15, 0.2) is 18.5 Å². The minimum Gasteiger partial charge on any atom is -0.506 e. The van der Waals surface area contributed by atoms with Crippen molar-refractivity contribution in [2.24, 2.45) is 5.92 Å². The summed E-state index contributed by atoms with van der Waals surface area (Å²) in [6.07, 6.45) is 2.75. The van der Waals surface area contributed by atoms with E-state index in [4.69, 9.17) is 0 Å². The van der Waals surface area contributed by atoms with Crippen molar-refractivity contribution in [2.45, 2.75) is 19.9 Å². The van der Waals surface area contributed by atoms with Crippen molar-refractivity contribution < 1.29 is 9.90 Å². The summed E-state index contributed by atoms with van der Waals surface area (Å²) in [4.78, 5) is 17.8. The maximum atomic E-state index is 12.0. The zero-order valence-corrected chi connectivity index (χ0v) is 11.3. The average molecular weight is 251 g/mol. The van der Waals surface area contributed by atoms with Gasteiger partial charge in [0, 0.05) is 18.8 Å². The summed E-state index contributed by atoms with van der Waals surface area (Å²) in [6.45, 7) is 4.90. The van der Waals surface area contributed by atoms with Gasteiger partial charge < -0.3 is 15.3 Å². The largest absolute Gasteiger partial charge is 0.506 e. The van der Waals surface area contributed by atoms with Crippen LogP contribution >= 0.6 is 0 Å². The van der Waals surface area contributed by atoms with Gasteiger partial charge in [-0.3, -0.25) is 9.78 Å². The van der Waals surface area contributed by atoms with Crippen LogP contribution in [0.4, 0.5) is 0 Å². The second-order valence-corrected chi connectivity index (χ2v) is 5.02. The molecule has 1 unspecified atom stereocenters. The number of likely N-dealkylation sites (N-methyl/N-ethyl adjacent to an activating group) is 1. The maximum Gasteiger partial charge on any atom is 0.253 e. The van der Waals surface area contributed by atoms with Crippen LogP contribution in [0.1, 0.15) is 24.2 Å². The first kappa shape index (κ1) is 14.4. The van der Waals surface area contributed by atoms with Crippen molar-refractivity contribution in [1.82, 2.24) is 15.2 Å². The Morgan fingerprint density at radius 1 is 1.44 bits per heavy atom. The number of nitrogens with zero attached hydrogens (tertiary/aromatic N) is 2. The molecule has 5 nitrogen and oxygen atoms in total. The quantitative estimate of drug-likeness (QED) is 0.822. The van der Waals surface area contributed by atoms with E-state index in [1.807, 2.05) is 19.0 Å². The molecule has 0 aliphatic rings. The predicted octanol–water partition coefficient (Wildman–Crippen LogP) is 1.10. The lowest BCUT2D eigenvalue weighted by Crippen LogP contribution is -2.45. The summed E-state index contributed by atoms with van der Waals surface area (Å²) in [6, 6.07) is 1.48. The van der Waals surface area contributed by atoms with Gasteiger partial charge in [-0.05, 0) is 26.1 Å². The standard InChI is InChI=1S/C13H21N3O2/c1-9(2)12(8-16(3)4)15-13(18)10-5-11(17)7-14-6-10/h5-7,9,12,17H,8H2,1-4H3,(H,15,18). The third-order valence-electron chi connectivity index (χ3n) is 2.67. The number of nitrogens with one attached hydrogen (secondary N) is 1. The Kier molecular flexibility index (Phi) is 5.09. The van der Waals surface area contributed by atoms with Crippen LogP contribution in [0.5, 0.6) is 5.75 Å². The zero-order valence-electron chi connectivity index (χ0n) is 11.3. The average Bonchev–Trinajstić information content (AvgIpc) is 2.27. The number of aromatic hydroxyl groups is 1. The summed E-state index contributed by atoms with van der Waals surface area (Å²) in [5.74, 6) is 0.122. The molecule has 0 radical (unpaired) electrons. The molecule has 0 spiro atoms. The molecule has 0 aromatic carbocycles. The Bertz CT molecular complexity index is 405. The van der Waals surface area contributed by atoms with Gasteiger partial charge >= 0.3 is 0 Å². The molecule has 0 aliphatic heterocycles. The first-order valence-corrected chi connectivity index (χ1v) is 5.99. The first-order valence-electron chi connectivity index (χ1n) is 5.99. The fraction of sp³-hybridized carbons (Fsp3) is 0.538. The highest BCUT2D eigenvalue weighted by molar-refractivity contribution is 5.94. The molecule has 2 N–H and O–H groups in total. The van der Waals surface area contributed by atoms with Crippen molar-refractivity contribution in [3.63, 3.8) is 0 Å². The van der Waals surface area contributed by atoms with E-state index in [-0.39, 0.29) is 17.7 Å². The van der Waals surface area contributed by atoms with Crippen LogP contribution in [0, 0.1) is 5.92 Å². The lowest BCUT2D eigenvalue weighted by atomic mass is 10.0. The van der Waals surface area contributed by atoms with Crippen molar-refractivity contribution in [2.75, 3.05) is 20.6 Å². The molecule has 0 saturated carbocycles. The van der Waals surface area contributed by atoms with Crippen LogP contribution in [-0.4, -0.2) is 47.6 Å². The zero-order chi connectivity index (χ0) is 13.7. The van der Waals surface area contributed by atoms with Crippen LogP contribution in [0.2, 0.25) is 0 Å². The number of rotatable bonds is 5. The van der Waals surface area contributed by atoms with E-state index in [0.717, 1.165) is 6.54 Å². The van der Waals surface area contributed by atoms with E-state index in [1.54, 1.807) is 0 Å². The van der Waals surface area contributed by atoms with E-state index >= 15 is 0 Å². The molecule has 1 aromatic rings. The molecule has 0 bridgehead atoms. The topological polar surface area (TPSA) is 65.5 Å². The minimum atomic E-state index is -0.209. The second-order valence-electron chi connectivity index (χ2n) is 5.02. The van der Waals surface area contributed by atoms with E-state index in [2.05, 4.69) is 24.1 Å². The van der Waals surface area contributed by atoms with Gasteiger partial charge in [0.1, 0.15) is 5.75 Å². The van der Waals surface area contributed by atoms with Gasteiger partial charge in [-0.15, -0.1) is 0 Å². The summed E-state index contributed by atoms with van der Waals surface area (Å²) < 4.78 is 0. The van der Waals surface area contributed by atoms with Gasteiger partial charge in [0.15, 0.2) is 0 Å². The van der Waals surface area contributed by atoms with Gasteiger partial charge in [0.2, 0.25) is 0 Å². The van der Waals surface area contributed by atoms with Crippen molar-refractivity contribution >= 4 is 5.91 Å². The lowest BCUT2D eigenvalue weighted by Gasteiger charge is -2.25. The highest BCUT2D eigenvalue weighted by atomic mass is 16.3. The molecular formula is C13H21N3O2.